The van der Waals surface area contributed by atoms with E-state index < -0.39 is 5.41 Å². The van der Waals surface area contributed by atoms with Crippen LogP contribution < -0.4 is 10.1 Å². The van der Waals surface area contributed by atoms with Gasteiger partial charge >= 0.3 is 0 Å². The summed E-state index contributed by atoms with van der Waals surface area (Å²) in [6.45, 7) is 1.41. The number of methoxy groups -OCH3 is 1. The number of benzene rings is 2. The predicted molar refractivity (Wildman–Crippen MR) is 105 cm³/mol. The number of para-hydroxylation sites is 1. The van der Waals surface area contributed by atoms with E-state index in [-0.39, 0.29) is 19.1 Å². The lowest BCUT2D eigenvalue weighted by Gasteiger charge is -2.36. The molecule has 0 saturated carbocycles. The van der Waals surface area contributed by atoms with Crippen molar-refractivity contribution in [3.63, 3.8) is 0 Å². The Kier molecular flexibility index (Phi) is 6.48. The molecule has 27 heavy (non-hydrogen) atoms. The number of hydrogen-bond acceptors (Lipinski definition) is 4. The van der Waals surface area contributed by atoms with E-state index in [0.29, 0.717) is 32.5 Å². The van der Waals surface area contributed by atoms with Crippen LogP contribution in [0.5, 0.6) is 5.75 Å². The van der Waals surface area contributed by atoms with Crippen molar-refractivity contribution in [3.8, 4) is 16.9 Å². The quantitative estimate of drug-likeness (QED) is 0.788. The van der Waals surface area contributed by atoms with Crippen LogP contribution in [0.15, 0.2) is 48.5 Å². The Morgan fingerprint density at radius 1 is 1.15 bits per heavy atom. The van der Waals surface area contributed by atoms with E-state index in [1.165, 1.54) is 0 Å². The third kappa shape index (κ3) is 4.49. The summed E-state index contributed by atoms with van der Waals surface area (Å²) in [6.07, 6.45) is 2.05. The Morgan fingerprint density at radius 3 is 2.52 bits per heavy atom. The van der Waals surface area contributed by atoms with E-state index >= 15 is 0 Å². The van der Waals surface area contributed by atoms with Gasteiger partial charge in [0.1, 0.15) is 5.75 Å². The van der Waals surface area contributed by atoms with Crippen LogP contribution in [0.1, 0.15) is 18.4 Å². The molecule has 1 heterocycles. The summed E-state index contributed by atoms with van der Waals surface area (Å²) in [5, 5.41) is 11.9. The maximum atomic E-state index is 12.8. The molecule has 0 aromatic heterocycles. The van der Waals surface area contributed by atoms with Crippen LogP contribution in [0.3, 0.4) is 0 Å². The SMILES string of the molecule is COc1ccccc1-c1ccc(CC2(C(=O)NCCO)CCOCC2)cc1. The summed E-state index contributed by atoms with van der Waals surface area (Å²) < 4.78 is 10.9. The van der Waals surface area contributed by atoms with Gasteiger partial charge in [-0.2, -0.15) is 0 Å². The first-order chi connectivity index (χ1) is 13.2. The molecule has 0 spiro atoms. The summed E-state index contributed by atoms with van der Waals surface area (Å²) in [6, 6.07) is 16.3. The highest BCUT2D eigenvalue weighted by Crippen LogP contribution is 2.36. The normalized spacial score (nSPS) is 15.9. The van der Waals surface area contributed by atoms with E-state index in [1.54, 1.807) is 7.11 Å². The Hall–Kier alpha value is -2.37. The Morgan fingerprint density at radius 2 is 1.85 bits per heavy atom. The molecule has 144 valence electrons. The third-order valence-electron chi connectivity index (χ3n) is 5.24. The lowest BCUT2D eigenvalue weighted by molar-refractivity contribution is -0.136. The second kappa shape index (κ2) is 9.02. The molecule has 1 aliphatic rings. The van der Waals surface area contributed by atoms with Gasteiger partial charge in [-0.05, 0) is 36.5 Å². The largest absolute Gasteiger partial charge is 0.496 e. The summed E-state index contributed by atoms with van der Waals surface area (Å²) in [5.41, 5.74) is 2.78. The fourth-order valence-electron chi connectivity index (χ4n) is 3.68. The molecule has 5 heteroatoms. The van der Waals surface area contributed by atoms with Crippen molar-refractivity contribution < 1.29 is 19.4 Å². The number of amides is 1. The van der Waals surface area contributed by atoms with E-state index in [9.17, 15) is 4.79 Å². The molecular formula is C22H27NO4. The minimum absolute atomic E-state index is 0.00801. The van der Waals surface area contributed by atoms with Crippen LogP contribution in [0.25, 0.3) is 11.1 Å². The first kappa shape index (κ1) is 19.4. The second-order valence-corrected chi connectivity index (χ2v) is 6.95. The molecule has 1 saturated heterocycles. The van der Waals surface area contributed by atoms with Crippen molar-refractivity contribution in [1.29, 1.82) is 0 Å². The van der Waals surface area contributed by atoms with Crippen molar-refractivity contribution in [2.45, 2.75) is 19.3 Å². The summed E-state index contributed by atoms with van der Waals surface area (Å²) in [4.78, 5) is 12.8. The second-order valence-electron chi connectivity index (χ2n) is 6.95. The highest BCUT2D eigenvalue weighted by Gasteiger charge is 2.39. The van der Waals surface area contributed by atoms with Gasteiger partial charge in [-0.1, -0.05) is 42.5 Å². The maximum Gasteiger partial charge on any atom is 0.226 e. The lowest BCUT2D eigenvalue weighted by Crippen LogP contribution is -2.46. The van der Waals surface area contributed by atoms with Gasteiger partial charge in [-0.25, -0.2) is 0 Å². The number of carbonyl (C=O) groups is 1. The number of ether oxygens (including phenoxy) is 2. The number of nitrogens with one attached hydrogen (secondary N) is 1. The Bertz CT molecular complexity index is 751. The van der Waals surface area contributed by atoms with E-state index in [4.69, 9.17) is 14.6 Å². The average molecular weight is 369 g/mol. The number of rotatable bonds is 7. The van der Waals surface area contributed by atoms with Gasteiger partial charge < -0.3 is 19.9 Å². The molecule has 0 radical (unpaired) electrons. The number of hydrogen-bond donors (Lipinski definition) is 2. The monoisotopic (exact) mass is 369 g/mol. The minimum Gasteiger partial charge on any atom is -0.496 e. The topological polar surface area (TPSA) is 67.8 Å². The molecule has 2 aromatic carbocycles. The van der Waals surface area contributed by atoms with Gasteiger partial charge in [-0.15, -0.1) is 0 Å². The zero-order valence-corrected chi connectivity index (χ0v) is 15.7. The maximum absolute atomic E-state index is 12.8. The van der Waals surface area contributed by atoms with Crippen molar-refractivity contribution in [3.05, 3.63) is 54.1 Å². The molecule has 3 rings (SSSR count). The molecule has 1 amide bonds. The van der Waals surface area contributed by atoms with Gasteiger partial charge in [-0.3, -0.25) is 4.79 Å². The average Bonchev–Trinajstić information content (AvgIpc) is 2.73. The Labute approximate surface area is 160 Å². The van der Waals surface area contributed by atoms with E-state index in [2.05, 4.69) is 29.6 Å². The molecule has 0 aliphatic carbocycles. The third-order valence-corrected chi connectivity index (χ3v) is 5.24. The smallest absolute Gasteiger partial charge is 0.226 e. The highest BCUT2D eigenvalue weighted by atomic mass is 16.5. The van der Waals surface area contributed by atoms with Crippen LogP contribution in [0.4, 0.5) is 0 Å². The molecule has 2 N–H and O–H groups in total. The molecule has 5 nitrogen and oxygen atoms in total. The van der Waals surface area contributed by atoms with Crippen LogP contribution in [0.2, 0.25) is 0 Å². The Balaban J connectivity index is 1.80. The number of aliphatic hydroxyl groups excluding tert-OH is 1. The molecule has 2 aromatic rings. The van der Waals surface area contributed by atoms with Gasteiger partial charge in [0.15, 0.2) is 0 Å². The molecule has 0 bridgehead atoms. The predicted octanol–water partition coefficient (Wildman–Crippen LogP) is 2.81. The highest BCUT2D eigenvalue weighted by molar-refractivity contribution is 5.83. The van der Waals surface area contributed by atoms with E-state index in [1.807, 2.05) is 24.3 Å². The fraction of sp³-hybridized carbons (Fsp3) is 0.409. The van der Waals surface area contributed by atoms with Crippen molar-refractivity contribution in [2.24, 2.45) is 5.41 Å². The fourth-order valence-corrected chi connectivity index (χ4v) is 3.68. The summed E-state index contributed by atoms with van der Waals surface area (Å²) >= 11 is 0. The standard InChI is InChI=1S/C22H27NO4/c1-26-20-5-3-2-4-19(20)18-8-6-17(7-9-18)16-22(10-14-27-15-11-22)21(25)23-12-13-24/h2-9,24H,10-16H2,1H3,(H,23,25). The first-order valence-electron chi connectivity index (χ1n) is 9.38. The molecular weight excluding hydrogens is 342 g/mol. The zero-order chi connectivity index (χ0) is 19.1. The van der Waals surface area contributed by atoms with Gasteiger partial charge in [0, 0.05) is 25.3 Å². The minimum atomic E-state index is -0.473. The van der Waals surface area contributed by atoms with Crippen molar-refractivity contribution >= 4 is 5.91 Å². The molecule has 0 unspecified atom stereocenters. The van der Waals surface area contributed by atoms with Gasteiger partial charge in [0.2, 0.25) is 5.91 Å². The van der Waals surface area contributed by atoms with E-state index in [0.717, 1.165) is 22.4 Å². The zero-order valence-electron chi connectivity index (χ0n) is 15.7. The summed E-state index contributed by atoms with van der Waals surface area (Å²) in [5.74, 6) is 0.850. The van der Waals surface area contributed by atoms with Gasteiger partial charge in [0.05, 0.1) is 19.1 Å². The lowest BCUT2D eigenvalue weighted by atomic mass is 9.74. The number of aliphatic hydroxyl groups is 1. The molecule has 0 atom stereocenters. The van der Waals surface area contributed by atoms with Gasteiger partial charge in [0.25, 0.3) is 0 Å². The molecule has 1 fully saturated rings. The summed E-state index contributed by atoms with van der Waals surface area (Å²) in [7, 11) is 1.67. The molecule has 1 aliphatic heterocycles. The van der Waals surface area contributed by atoms with Crippen LogP contribution in [-0.2, 0) is 16.0 Å². The number of carbonyl (C=O) groups excluding carboxylic acids is 1. The van der Waals surface area contributed by atoms with Crippen LogP contribution >= 0.6 is 0 Å². The van der Waals surface area contributed by atoms with Crippen LogP contribution in [0, 0.1) is 5.41 Å². The first-order valence-corrected chi connectivity index (χ1v) is 9.38. The van der Waals surface area contributed by atoms with Crippen LogP contribution in [-0.4, -0.2) is 44.5 Å². The van der Waals surface area contributed by atoms with Crippen molar-refractivity contribution in [2.75, 3.05) is 33.5 Å². The van der Waals surface area contributed by atoms with Crippen molar-refractivity contribution in [1.82, 2.24) is 5.32 Å².